The van der Waals surface area contributed by atoms with Gasteiger partial charge in [-0.3, -0.25) is 5.10 Å². The van der Waals surface area contributed by atoms with E-state index in [1.165, 1.54) is 32.0 Å². The molecule has 0 atom stereocenters. The fourth-order valence-electron chi connectivity index (χ4n) is 2.71. The van der Waals surface area contributed by atoms with Crippen LogP contribution >= 0.6 is 15.9 Å². The third kappa shape index (κ3) is 3.07. The molecule has 2 aromatic rings. The third-order valence-electron chi connectivity index (χ3n) is 3.79. The van der Waals surface area contributed by atoms with Crippen molar-refractivity contribution in [2.75, 3.05) is 11.9 Å². The van der Waals surface area contributed by atoms with Gasteiger partial charge in [-0.15, -0.1) is 0 Å². The van der Waals surface area contributed by atoms with Crippen LogP contribution < -0.4 is 5.32 Å². The predicted molar refractivity (Wildman–Crippen MR) is 85.1 cm³/mol. The molecule has 0 aliphatic heterocycles. The molecule has 0 saturated heterocycles. The number of hydrogen-bond acceptors (Lipinski definition) is 5. The molecule has 0 radical (unpaired) electrons. The van der Waals surface area contributed by atoms with Gasteiger partial charge < -0.3 is 5.32 Å². The Balaban J connectivity index is 2.02. The molecule has 3 rings (SSSR count). The predicted octanol–water partition coefficient (Wildman–Crippen LogP) is 3.50. The number of aromatic amines is 1. The average Bonchev–Trinajstić information content (AvgIpc) is 3.19. The lowest BCUT2D eigenvalue weighted by molar-refractivity contribution is 0.690. The molecule has 1 aliphatic rings. The number of halogens is 1. The smallest absolute Gasteiger partial charge is 0.199 e. The van der Waals surface area contributed by atoms with E-state index in [-0.39, 0.29) is 0 Å². The van der Waals surface area contributed by atoms with Crippen LogP contribution in [0.1, 0.15) is 50.6 Å². The maximum atomic E-state index is 4.73. The minimum Gasteiger partial charge on any atom is -0.369 e. The van der Waals surface area contributed by atoms with Gasteiger partial charge in [0.2, 0.25) is 0 Å². The molecule has 0 unspecified atom stereocenters. The van der Waals surface area contributed by atoms with Crippen LogP contribution in [0.5, 0.6) is 0 Å². The number of aromatic nitrogens is 5. The van der Waals surface area contributed by atoms with E-state index in [1.807, 2.05) is 0 Å². The molecular weight excluding hydrogens is 332 g/mol. The summed E-state index contributed by atoms with van der Waals surface area (Å²) in [7, 11) is 0. The van der Waals surface area contributed by atoms with Gasteiger partial charge in [-0.1, -0.05) is 19.8 Å². The maximum Gasteiger partial charge on any atom is 0.199 e. The lowest BCUT2D eigenvalue weighted by Crippen LogP contribution is -2.09. The van der Waals surface area contributed by atoms with Gasteiger partial charge in [-0.2, -0.15) is 5.10 Å². The first kappa shape index (κ1) is 14.4. The third-order valence-corrected chi connectivity index (χ3v) is 4.57. The molecule has 0 aromatic carbocycles. The lowest BCUT2D eigenvalue weighted by atomic mass is 10.0. The first-order valence-corrected chi connectivity index (χ1v) is 8.26. The Morgan fingerprint density at radius 3 is 2.81 bits per heavy atom. The Kier molecular flexibility index (Phi) is 4.48. The van der Waals surface area contributed by atoms with Gasteiger partial charge in [0, 0.05) is 12.5 Å². The van der Waals surface area contributed by atoms with Crippen LogP contribution in [0.15, 0.2) is 10.8 Å². The Hall–Kier alpha value is -1.50. The normalized spacial score (nSPS) is 15.5. The molecule has 1 saturated carbocycles. The first-order valence-electron chi connectivity index (χ1n) is 7.46. The zero-order chi connectivity index (χ0) is 14.7. The van der Waals surface area contributed by atoms with Gasteiger partial charge in [-0.25, -0.2) is 15.0 Å². The number of H-pyrrole nitrogens is 1. The zero-order valence-electron chi connectivity index (χ0n) is 12.1. The largest absolute Gasteiger partial charge is 0.369 e. The van der Waals surface area contributed by atoms with Crippen LogP contribution in [-0.4, -0.2) is 31.7 Å². The quantitative estimate of drug-likeness (QED) is 0.862. The molecule has 7 heteroatoms. The summed E-state index contributed by atoms with van der Waals surface area (Å²) in [5.41, 5.74) is 1.09. The molecule has 0 amide bonds. The van der Waals surface area contributed by atoms with Crippen molar-refractivity contribution in [1.82, 2.24) is 25.1 Å². The van der Waals surface area contributed by atoms with Crippen molar-refractivity contribution in [2.45, 2.75) is 44.9 Å². The second kappa shape index (κ2) is 6.51. The molecule has 6 nitrogen and oxygen atoms in total. The van der Waals surface area contributed by atoms with Crippen molar-refractivity contribution < 1.29 is 0 Å². The van der Waals surface area contributed by atoms with Gasteiger partial charge in [0.15, 0.2) is 11.6 Å². The fourth-order valence-corrected chi connectivity index (χ4v) is 3.36. The zero-order valence-corrected chi connectivity index (χ0v) is 13.7. The first-order chi connectivity index (χ1) is 10.3. The number of nitrogens with one attached hydrogen (secondary N) is 2. The van der Waals surface area contributed by atoms with E-state index in [0.717, 1.165) is 29.0 Å². The highest BCUT2D eigenvalue weighted by atomic mass is 79.9. The van der Waals surface area contributed by atoms with E-state index in [4.69, 9.17) is 4.98 Å². The maximum absolute atomic E-state index is 4.73. The average molecular weight is 351 g/mol. The highest BCUT2D eigenvalue weighted by Gasteiger charge is 2.24. The van der Waals surface area contributed by atoms with Gasteiger partial charge >= 0.3 is 0 Å². The molecule has 21 heavy (non-hydrogen) atoms. The van der Waals surface area contributed by atoms with Crippen LogP contribution in [0.3, 0.4) is 0 Å². The molecule has 2 N–H and O–H groups in total. The van der Waals surface area contributed by atoms with Crippen molar-refractivity contribution in [1.29, 1.82) is 0 Å². The van der Waals surface area contributed by atoms with E-state index in [9.17, 15) is 0 Å². The van der Waals surface area contributed by atoms with Crippen LogP contribution in [0.4, 0.5) is 5.82 Å². The van der Waals surface area contributed by atoms with Crippen molar-refractivity contribution in [3.63, 3.8) is 0 Å². The van der Waals surface area contributed by atoms with Gasteiger partial charge in [-0.05, 0) is 35.2 Å². The van der Waals surface area contributed by atoms with E-state index >= 15 is 0 Å². The van der Waals surface area contributed by atoms with Gasteiger partial charge in [0.1, 0.15) is 12.1 Å². The van der Waals surface area contributed by atoms with Crippen LogP contribution in [0, 0.1) is 0 Å². The van der Waals surface area contributed by atoms with E-state index in [0.29, 0.717) is 17.6 Å². The highest BCUT2D eigenvalue weighted by molar-refractivity contribution is 9.10. The van der Waals surface area contributed by atoms with Gasteiger partial charge in [0.05, 0.1) is 10.2 Å². The van der Waals surface area contributed by atoms with Crippen molar-refractivity contribution >= 4 is 21.7 Å². The standard InChI is InChI=1S/C14H19BrN6/c1-2-7-16-12-10(15)11(9-5-3-4-6-9)19-14(20-12)13-17-8-18-21-13/h8-9H,2-7H2,1H3,(H,16,19,20)(H,17,18,21). The lowest BCUT2D eigenvalue weighted by Gasteiger charge is -2.15. The molecule has 2 heterocycles. The van der Waals surface area contributed by atoms with Crippen LogP contribution in [0.2, 0.25) is 0 Å². The summed E-state index contributed by atoms with van der Waals surface area (Å²) < 4.78 is 0.992. The number of anilines is 1. The van der Waals surface area contributed by atoms with Crippen molar-refractivity contribution in [3.8, 4) is 11.6 Å². The summed E-state index contributed by atoms with van der Waals surface area (Å²) in [6.45, 7) is 3.02. The second-order valence-corrected chi connectivity index (χ2v) is 6.13. The van der Waals surface area contributed by atoms with Crippen molar-refractivity contribution in [2.24, 2.45) is 0 Å². The van der Waals surface area contributed by atoms with E-state index < -0.39 is 0 Å². The Morgan fingerprint density at radius 1 is 1.33 bits per heavy atom. The topological polar surface area (TPSA) is 79.4 Å². The molecule has 0 spiro atoms. The second-order valence-electron chi connectivity index (χ2n) is 5.34. The van der Waals surface area contributed by atoms with E-state index in [1.54, 1.807) is 0 Å². The summed E-state index contributed by atoms with van der Waals surface area (Å²) in [5.74, 6) is 2.57. The monoisotopic (exact) mass is 350 g/mol. The van der Waals surface area contributed by atoms with E-state index in [2.05, 4.69) is 48.3 Å². The molecule has 1 aliphatic carbocycles. The summed E-state index contributed by atoms with van der Waals surface area (Å²) in [5, 5.41) is 10.1. The molecular formula is C14H19BrN6. The SMILES string of the molecule is CCCNc1nc(-c2ncn[nH]2)nc(C2CCCC2)c1Br. The molecule has 112 valence electrons. The molecule has 1 fully saturated rings. The number of rotatable bonds is 5. The van der Waals surface area contributed by atoms with Crippen molar-refractivity contribution in [3.05, 3.63) is 16.5 Å². The Labute approximate surface area is 132 Å². The summed E-state index contributed by atoms with van der Waals surface area (Å²) in [6, 6.07) is 0. The highest BCUT2D eigenvalue weighted by Crippen LogP contribution is 2.39. The minimum atomic E-state index is 0.506. The molecule has 0 bridgehead atoms. The summed E-state index contributed by atoms with van der Waals surface area (Å²) in [4.78, 5) is 13.5. The molecule has 2 aromatic heterocycles. The minimum absolute atomic E-state index is 0.506. The number of hydrogen-bond donors (Lipinski definition) is 2. The summed E-state index contributed by atoms with van der Waals surface area (Å²) in [6.07, 6.45) is 7.46. The van der Waals surface area contributed by atoms with Crippen LogP contribution in [0.25, 0.3) is 11.6 Å². The number of nitrogens with zero attached hydrogens (tertiary/aromatic N) is 4. The van der Waals surface area contributed by atoms with Gasteiger partial charge in [0.25, 0.3) is 0 Å². The Morgan fingerprint density at radius 2 is 2.14 bits per heavy atom. The fraction of sp³-hybridized carbons (Fsp3) is 0.571. The Bertz CT molecular complexity index is 592. The summed E-state index contributed by atoms with van der Waals surface area (Å²) >= 11 is 3.69. The van der Waals surface area contributed by atoms with Crippen LogP contribution in [-0.2, 0) is 0 Å².